The van der Waals surface area contributed by atoms with E-state index >= 15 is 0 Å². The Kier molecular flexibility index (Phi) is 4.90. The lowest BCUT2D eigenvalue weighted by Gasteiger charge is -2.12. The summed E-state index contributed by atoms with van der Waals surface area (Å²) in [6.45, 7) is 1.39. The lowest BCUT2D eigenvalue weighted by molar-refractivity contribution is -0.608. The van der Waals surface area contributed by atoms with Crippen molar-refractivity contribution in [3.63, 3.8) is 0 Å². The molecular formula is C14H12ClN3O4. The van der Waals surface area contributed by atoms with Gasteiger partial charge in [-0.2, -0.15) is 4.73 Å². The molecule has 0 saturated carbocycles. The van der Waals surface area contributed by atoms with Crippen molar-refractivity contribution in [1.29, 1.82) is 0 Å². The first kappa shape index (κ1) is 15.7. The number of hydrogen-bond acceptors (Lipinski definition) is 5. The van der Waals surface area contributed by atoms with Crippen LogP contribution in [0.1, 0.15) is 17.4 Å². The molecule has 0 aliphatic carbocycles. The number of nitrogens with one attached hydrogen (secondary N) is 1. The molecule has 2 heterocycles. The number of halogens is 1. The summed E-state index contributed by atoms with van der Waals surface area (Å²) >= 11 is 5.69. The number of anilines is 1. The molecule has 0 aliphatic rings. The summed E-state index contributed by atoms with van der Waals surface area (Å²) < 4.78 is 5.32. The first-order chi connectivity index (χ1) is 10.5. The van der Waals surface area contributed by atoms with E-state index in [1.807, 2.05) is 0 Å². The maximum absolute atomic E-state index is 11.9. The highest BCUT2D eigenvalue weighted by atomic mass is 35.5. The molecule has 8 heteroatoms. The SMILES string of the molecule is C[C@H](OC(=O)c1cccc[n+]1[O-])C(=O)Nc1ccc(Cl)cn1. The van der Waals surface area contributed by atoms with Gasteiger partial charge in [0.2, 0.25) is 0 Å². The normalized spacial score (nSPS) is 11.5. The molecule has 114 valence electrons. The molecule has 1 atom stereocenters. The Morgan fingerprint density at radius 3 is 2.77 bits per heavy atom. The minimum Gasteiger partial charge on any atom is -0.618 e. The molecule has 0 bridgehead atoms. The molecule has 0 radical (unpaired) electrons. The molecule has 1 amide bonds. The zero-order valence-corrected chi connectivity index (χ0v) is 12.3. The zero-order chi connectivity index (χ0) is 16.1. The van der Waals surface area contributed by atoms with Crippen LogP contribution >= 0.6 is 11.6 Å². The van der Waals surface area contributed by atoms with E-state index in [-0.39, 0.29) is 11.5 Å². The zero-order valence-electron chi connectivity index (χ0n) is 11.5. The van der Waals surface area contributed by atoms with Crippen LogP contribution in [0.4, 0.5) is 5.82 Å². The van der Waals surface area contributed by atoms with Gasteiger partial charge in [-0.3, -0.25) is 4.79 Å². The summed E-state index contributed by atoms with van der Waals surface area (Å²) in [6.07, 6.45) is 1.45. The standard InChI is InChI=1S/C14H12ClN3O4/c1-9(13(19)17-12-6-5-10(15)8-16-12)22-14(20)11-4-2-3-7-18(11)21/h2-9H,1H3,(H,16,17,19)/t9-/m0/s1. The van der Waals surface area contributed by atoms with Gasteiger partial charge >= 0.3 is 11.7 Å². The van der Waals surface area contributed by atoms with Crippen LogP contribution in [0.2, 0.25) is 5.02 Å². The fourth-order valence-electron chi connectivity index (χ4n) is 1.54. The van der Waals surface area contributed by atoms with Crippen LogP contribution in [0.25, 0.3) is 0 Å². The third kappa shape index (κ3) is 3.92. The van der Waals surface area contributed by atoms with E-state index in [0.717, 1.165) is 0 Å². The highest BCUT2D eigenvalue weighted by Crippen LogP contribution is 2.10. The van der Waals surface area contributed by atoms with Gasteiger partial charge in [0.15, 0.2) is 12.3 Å². The second-order valence-electron chi connectivity index (χ2n) is 4.31. The quantitative estimate of drug-likeness (QED) is 0.523. The average Bonchev–Trinajstić information content (AvgIpc) is 2.49. The molecule has 0 aromatic carbocycles. The van der Waals surface area contributed by atoms with Gasteiger partial charge < -0.3 is 15.3 Å². The number of ether oxygens (including phenoxy) is 1. The summed E-state index contributed by atoms with van der Waals surface area (Å²) in [4.78, 5) is 27.6. The van der Waals surface area contributed by atoms with Crippen molar-refractivity contribution in [1.82, 2.24) is 4.98 Å². The molecule has 0 fully saturated rings. The number of amides is 1. The van der Waals surface area contributed by atoms with Crippen LogP contribution in [-0.4, -0.2) is 23.0 Å². The second-order valence-corrected chi connectivity index (χ2v) is 4.75. The van der Waals surface area contributed by atoms with Crippen LogP contribution in [0.5, 0.6) is 0 Å². The number of hydrogen-bond donors (Lipinski definition) is 1. The fraction of sp³-hybridized carbons (Fsp3) is 0.143. The van der Waals surface area contributed by atoms with Gasteiger partial charge in [-0.05, 0) is 25.1 Å². The molecule has 0 unspecified atom stereocenters. The lowest BCUT2D eigenvalue weighted by Crippen LogP contribution is -2.37. The van der Waals surface area contributed by atoms with E-state index in [1.165, 1.54) is 43.6 Å². The third-order valence-corrected chi connectivity index (χ3v) is 2.89. The van der Waals surface area contributed by atoms with E-state index < -0.39 is 18.0 Å². The molecule has 1 N–H and O–H groups in total. The summed E-state index contributed by atoms with van der Waals surface area (Å²) in [6, 6.07) is 7.38. The first-order valence-corrected chi connectivity index (χ1v) is 6.67. The monoisotopic (exact) mass is 321 g/mol. The van der Waals surface area contributed by atoms with Crippen molar-refractivity contribution in [3.05, 3.63) is 58.6 Å². The Hall–Kier alpha value is -2.67. The van der Waals surface area contributed by atoms with Crippen molar-refractivity contribution in [2.75, 3.05) is 5.32 Å². The number of pyridine rings is 2. The van der Waals surface area contributed by atoms with Crippen LogP contribution < -0.4 is 10.0 Å². The number of carbonyl (C=O) groups is 2. The van der Waals surface area contributed by atoms with Gasteiger partial charge in [0.05, 0.1) is 5.02 Å². The van der Waals surface area contributed by atoms with Gasteiger partial charge in [0.25, 0.3) is 5.91 Å². The van der Waals surface area contributed by atoms with E-state index in [4.69, 9.17) is 16.3 Å². The maximum Gasteiger partial charge on any atom is 0.405 e. The van der Waals surface area contributed by atoms with Gasteiger partial charge in [-0.1, -0.05) is 11.6 Å². The molecule has 0 aliphatic heterocycles. The van der Waals surface area contributed by atoms with E-state index in [2.05, 4.69) is 10.3 Å². The number of nitrogens with zero attached hydrogens (tertiary/aromatic N) is 2. The van der Waals surface area contributed by atoms with Gasteiger partial charge in [0, 0.05) is 18.3 Å². The average molecular weight is 322 g/mol. The van der Waals surface area contributed by atoms with Gasteiger partial charge in [-0.15, -0.1) is 0 Å². The molecule has 2 rings (SSSR count). The summed E-state index contributed by atoms with van der Waals surface area (Å²) in [5, 5.41) is 14.3. The van der Waals surface area contributed by atoms with E-state index in [0.29, 0.717) is 9.75 Å². The number of esters is 1. The van der Waals surface area contributed by atoms with Gasteiger partial charge in [0.1, 0.15) is 5.82 Å². The molecule has 2 aromatic rings. The Balaban J connectivity index is 1.98. The van der Waals surface area contributed by atoms with Crippen molar-refractivity contribution >= 4 is 29.3 Å². The van der Waals surface area contributed by atoms with Crippen LogP contribution in [0.3, 0.4) is 0 Å². The summed E-state index contributed by atoms with van der Waals surface area (Å²) in [5.41, 5.74) is -0.202. The predicted octanol–water partition coefficient (Wildman–Crippen LogP) is 1.55. The molecule has 7 nitrogen and oxygen atoms in total. The van der Waals surface area contributed by atoms with Crippen LogP contribution in [-0.2, 0) is 9.53 Å². The largest absolute Gasteiger partial charge is 0.618 e. The molecule has 2 aromatic heterocycles. The first-order valence-electron chi connectivity index (χ1n) is 6.29. The third-order valence-electron chi connectivity index (χ3n) is 2.66. The minimum atomic E-state index is -1.09. The van der Waals surface area contributed by atoms with E-state index in [9.17, 15) is 14.8 Å². The Labute approximate surface area is 131 Å². The highest BCUT2D eigenvalue weighted by Gasteiger charge is 2.23. The maximum atomic E-state index is 11.9. The Morgan fingerprint density at radius 2 is 2.14 bits per heavy atom. The minimum absolute atomic E-state index is 0.202. The molecule has 0 spiro atoms. The topological polar surface area (TPSA) is 95.2 Å². The van der Waals surface area contributed by atoms with Crippen molar-refractivity contribution in [2.45, 2.75) is 13.0 Å². The molecule has 22 heavy (non-hydrogen) atoms. The Morgan fingerprint density at radius 1 is 1.36 bits per heavy atom. The summed E-state index contributed by atoms with van der Waals surface area (Å²) in [5.74, 6) is -1.19. The predicted molar refractivity (Wildman–Crippen MR) is 78.2 cm³/mol. The molecular weight excluding hydrogens is 310 g/mol. The van der Waals surface area contributed by atoms with Crippen LogP contribution in [0, 0.1) is 5.21 Å². The van der Waals surface area contributed by atoms with Gasteiger partial charge in [-0.25, -0.2) is 9.78 Å². The number of carbonyl (C=O) groups excluding carboxylic acids is 2. The van der Waals surface area contributed by atoms with Crippen molar-refractivity contribution in [2.24, 2.45) is 0 Å². The number of aromatic nitrogens is 2. The van der Waals surface area contributed by atoms with Crippen LogP contribution in [0.15, 0.2) is 42.7 Å². The van der Waals surface area contributed by atoms with Crippen molar-refractivity contribution < 1.29 is 19.1 Å². The second kappa shape index (κ2) is 6.86. The Bertz CT molecular complexity index is 691. The number of rotatable bonds is 4. The molecule has 0 saturated heterocycles. The van der Waals surface area contributed by atoms with E-state index in [1.54, 1.807) is 6.07 Å². The summed E-state index contributed by atoms with van der Waals surface area (Å²) in [7, 11) is 0. The lowest BCUT2D eigenvalue weighted by atomic mass is 10.3. The highest BCUT2D eigenvalue weighted by molar-refractivity contribution is 6.30. The van der Waals surface area contributed by atoms with Crippen molar-refractivity contribution in [3.8, 4) is 0 Å². The fourth-order valence-corrected chi connectivity index (χ4v) is 1.65. The smallest absolute Gasteiger partial charge is 0.405 e.